The van der Waals surface area contributed by atoms with Gasteiger partial charge in [-0.15, -0.1) is 11.8 Å². The molecule has 0 spiro atoms. The molecule has 164 valence electrons. The standard InChI is InChI=1S/C23H27N3O3S2/c1-23(2,3)19-8-10-20(11-9-19)30-17-22(27)25-12-14-26(15-13-25)31(28,29)21-7-5-4-6-18(21)16-24/h4-11H,12-15,17H2,1-3H3. The lowest BCUT2D eigenvalue weighted by Gasteiger charge is -2.34. The second kappa shape index (κ2) is 9.43. The van der Waals surface area contributed by atoms with Gasteiger partial charge in [0.15, 0.2) is 0 Å². The molecule has 0 radical (unpaired) electrons. The molecule has 1 heterocycles. The number of hydrogen-bond acceptors (Lipinski definition) is 5. The molecule has 1 aliphatic heterocycles. The van der Waals surface area contributed by atoms with E-state index in [4.69, 9.17) is 0 Å². The number of carbonyl (C=O) groups is 1. The predicted molar refractivity (Wildman–Crippen MR) is 122 cm³/mol. The Hall–Kier alpha value is -2.34. The summed E-state index contributed by atoms with van der Waals surface area (Å²) in [5.74, 6) is 0.318. The number of nitrogens with zero attached hydrogens (tertiary/aromatic N) is 3. The van der Waals surface area contributed by atoms with Crippen LogP contribution in [0.5, 0.6) is 0 Å². The Morgan fingerprint density at radius 1 is 1.03 bits per heavy atom. The topological polar surface area (TPSA) is 81.5 Å². The zero-order chi connectivity index (χ0) is 22.6. The zero-order valence-corrected chi connectivity index (χ0v) is 19.7. The fourth-order valence-electron chi connectivity index (χ4n) is 3.39. The Morgan fingerprint density at radius 2 is 1.65 bits per heavy atom. The summed E-state index contributed by atoms with van der Waals surface area (Å²) < 4.78 is 27.2. The maximum atomic E-state index is 12.9. The molecule has 1 amide bonds. The van der Waals surface area contributed by atoms with Crippen molar-refractivity contribution in [3.63, 3.8) is 0 Å². The fraction of sp³-hybridized carbons (Fsp3) is 0.391. The summed E-state index contributed by atoms with van der Waals surface area (Å²) in [7, 11) is -3.76. The van der Waals surface area contributed by atoms with Crippen molar-refractivity contribution in [1.29, 1.82) is 5.26 Å². The van der Waals surface area contributed by atoms with Gasteiger partial charge in [-0.3, -0.25) is 4.79 Å². The van der Waals surface area contributed by atoms with Crippen molar-refractivity contribution in [3.8, 4) is 6.07 Å². The molecule has 1 aliphatic rings. The van der Waals surface area contributed by atoms with E-state index in [0.717, 1.165) is 4.90 Å². The highest BCUT2D eigenvalue weighted by molar-refractivity contribution is 8.00. The van der Waals surface area contributed by atoms with E-state index in [0.29, 0.717) is 18.8 Å². The van der Waals surface area contributed by atoms with Gasteiger partial charge >= 0.3 is 0 Å². The minimum Gasteiger partial charge on any atom is -0.339 e. The Morgan fingerprint density at radius 3 is 2.23 bits per heavy atom. The summed E-state index contributed by atoms with van der Waals surface area (Å²) in [5, 5.41) is 9.21. The molecular weight excluding hydrogens is 430 g/mol. The van der Waals surface area contributed by atoms with E-state index in [9.17, 15) is 18.5 Å². The first-order valence-corrected chi connectivity index (χ1v) is 12.6. The monoisotopic (exact) mass is 457 g/mol. The summed E-state index contributed by atoms with van der Waals surface area (Å²) in [4.78, 5) is 15.4. The number of hydrogen-bond donors (Lipinski definition) is 0. The minimum absolute atomic E-state index is 0.000583. The van der Waals surface area contributed by atoms with E-state index >= 15 is 0 Å². The van der Waals surface area contributed by atoms with Crippen LogP contribution in [0.25, 0.3) is 0 Å². The normalized spacial score (nSPS) is 15.5. The first kappa shape index (κ1) is 23.3. The largest absolute Gasteiger partial charge is 0.339 e. The van der Waals surface area contributed by atoms with Crippen molar-refractivity contribution >= 4 is 27.7 Å². The van der Waals surface area contributed by atoms with Gasteiger partial charge in [-0.2, -0.15) is 9.57 Å². The molecule has 0 aliphatic carbocycles. The van der Waals surface area contributed by atoms with Gasteiger partial charge in [-0.05, 0) is 35.2 Å². The van der Waals surface area contributed by atoms with Crippen molar-refractivity contribution in [2.24, 2.45) is 0 Å². The third-order valence-corrected chi connectivity index (χ3v) is 8.25. The molecule has 8 heteroatoms. The number of rotatable bonds is 5. The molecule has 0 saturated carbocycles. The molecule has 0 N–H and O–H groups in total. The van der Waals surface area contributed by atoms with Crippen molar-refractivity contribution < 1.29 is 13.2 Å². The summed E-state index contributed by atoms with van der Waals surface area (Å²) in [6, 6.07) is 16.4. The van der Waals surface area contributed by atoms with Crippen LogP contribution in [0.3, 0.4) is 0 Å². The molecule has 0 bridgehead atoms. The van der Waals surface area contributed by atoms with E-state index in [1.54, 1.807) is 17.0 Å². The Labute approximate surface area is 188 Å². The molecule has 0 aromatic heterocycles. The van der Waals surface area contributed by atoms with Crippen LogP contribution in [-0.4, -0.2) is 55.5 Å². The zero-order valence-electron chi connectivity index (χ0n) is 18.0. The molecular formula is C23H27N3O3S2. The summed E-state index contributed by atoms with van der Waals surface area (Å²) in [6.45, 7) is 7.62. The summed E-state index contributed by atoms with van der Waals surface area (Å²) >= 11 is 1.49. The maximum absolute atomic E-state index is 12.9. The van der Waals surface area contributed by atoms with Gasteiger partial charge in [0.2, 0.25) is 15.9 Å². The predicted octanol–water partition coefficient (Wildman–Crippen LogP) is 3.48. The van der Waals surface area contributed by atoms with Gasteiger partial charge in [0, 0.05) is 31.1 Å². The molecule has 1 fully saturated rings. The van der Waals surface area contributed by atoms with Gasteiger partial charge in [-0.1, -0.05) is 45.0 Å². The molecule has 1 saturated heterocycles. The van der Waals surface area contributed by atoms with Crippen LogP contribution in [0.2, 0.25) is 0 Å². The van der Waals surface area contributed by atoms with Crippen LogP contribution in [0.1, 0.15) is 31.9 Å². The highest BCUT2D eigenvalue weighted by Gasteiger charge is 2.31. The SMILES string of the molecule is CC(C)(C)c1ccc(SCC(=O)N2CCN(S(=O)(=O)c3ccccc3C#N)CC2)cc1. The highest BCUT2D eigenvalue weighted by Crippen LogP contribution is 2.26. The first-order valence-electron chi connectivity index (χ1n) is 10.1. The van der Waals surface area contributed by atoms with E-state index in [1.807, 2.05) is 18.2 Å². The molecule has 0 atom stereocenters. The van der Waals surface area contributed by atoms with E-state index in [-0.39, 0.29) is 34.9 Å². The van der Waals surface area contributed by atoms with E-state index in [1.165, 1.54) is 33.8 Å². The summed E-state index contributed by atoms with van der Waals surface area (Å²) in [6.07, 6.45) is 0. The lowest BCUT2D eigenvalue weighted by Crippen LogP contribution is -2.51. The maximum Gasteiger partial charge on any atom is 0.244 e. The average molecular weight is 458 g/mol. The number of benzene rings is 2. The van der Waals surface area contributed by atoms with E-state index in [2.05, 4.69) is 32.9 Å². The fourth-order valence-corrected chi connectivity index (χ4v) is 5.75. The number of thioether (sulfide) groups is 1. The van der Waals surface area contributed by atoms with Crippen molar-refractivity contribution in [1.82, 2.24) is 9.21 Å². The Bertz CT molecular complexity index is 1080. The average Bonchev–Trinajstić information content (AvgIpc) is 2.77. The van der Waals surface area contributed by atoms with Crippen molar-refractivity contribution in [2.45, 2.75) is 36.0 Å². The third kappa shape index (κ3) is 5.48. The van der Waals surface area contributed by atoms with Crippen LogP contribution >= 0.6 is 11.8 Å². The second-order valence-corrected chi connectivity index (χ2v) is 11.4. The molecule has 6 nitrogen and oxygen atoms in total. The van der Waals surface area contributed by atoms with Crippen LogP contribution < -0.4 is 0 Å². The van der Waals surface area contributed by atoms with E-state index < -0.39 is 10.0 Å². The first-order chi connectivity index (χ1) is 14.6. The Balaban J connectivity index is 1.56. The number of sulfonamides is 1. The Kier molecular flexibility index (Phi) is 7.10. The lowest BCUT2D eigenvalue weighted by molar-refractivity contribution is -0.129. The molecule has 0 unspecified atom stereocenters. The van der Waals surface area contributed by atoms with Gasteiger partial charge in [0.05, 0.1) is 16.2 Å². The van der Waals surface area contributed by atoms with Crippen LogP contribution in [0.4, 0.5) is 0 Å². The van der Waals surface area contributed by atoms with Crippen LogP contribution in [-0.2, 0) is 20.2 Å². The number of amides is 1. The number of piperazine rings is 1. The van der Waals surface area contributed by atoms with Crippen LogP contribution in [0.15, 0.2) is 58.3 Å². The highest BCUT2D eigenvalue weighted by atomic mass is 32.2. The molecule has 31 heavy (non-hydrogen) atoms. The van der Waals surface area contributed by atoms with Gasteiger partial charge in [0.1, 0.15) is 6.07 Å². The third-order valence-electron chi connectivity index (χ3n) is 5.30. The summed E-state index contributed by atoms with van der Waals surface area (Å²) in [5.41, 5.74) is 1.47. The number of carbonyl (C=O) groups excluding carboxylic acids is 1. The minimum atomic E-state index is -3.76. The van der Waals surface area contributed by atoms with Crippen molar-refractivity contribution in [3.05, 3.63) is 59.7 Å². The van der Waals surface area contributed by atoms with Gasteiger partial charge < -0.3 is 4.90 Å². The molecule has 2 aromatic carbocycles. The second-order valence-electron chi connectivity index (χ2n) is 8.46. The van der Waals surface area contributed by atoms with Crippen LogP contribution in [0, 0.1) is 11.3 Å². The lowest BCUT2D eigenvalue weighted by atomic mass is 9.87. The van der Waals surface area contributed by atoms with Crippen molar-refractivity contribution in [2.75, 3.05) is 31.9 Å². The smallest absolute Gasteiger partial charge is 0.244 e. The van der Waals surface area contributed by atoms with Gasteiger partial charge in [0.25, 0.3) is 0 Å². The quantitative estimate of drug-likeness (QED) is 0.642. The van der Waals surface area contributed by atoms with Gasteiger partial charge in [-0.25, -0.2) is 8.42 Å². The number of nitriles is 1. The molecule has 3 rings (SSSR count). The molecule has 2 aromatic rings.